The lowest BCUT2D eigenvalue weighted by atomic mass is 9.67. The van der Waals surface area contributed by atoms with Gasteiger partial charge in [-0.2, -0.15) is 0 Å². The molecule has 130 valence electrons. The molecule has 0 radical (unpaired) electrons. The zero-order chi connectivity index (χ0) is 17.3. The van der Waals surface area contributed by atoms with Gasteiger partial charge in [0.25, 0.3) is 0 Å². The highest BCUT2D eigenvalue weighted by atomic mass is 28.4. The lowest BCUT2D eigenvalue weighted by molar-refractivity contribution is -0.162. The summed E-state index contributed by atoms with van der Waals surface area (Å²) in [6.07, 6.45) is 2.25. The molecule has 0 amide bonds. The van der Waals surface area contributed by atoms with Crippen LogP contribution in [-0.4, -0.2) is 38.1 Å². The number of hydrogen-bond acceptors (Lipinski definition) is 5. The Balaban J connectivity index is 1.73. The molecule has 3 fully saturated rings. The Morgan fingerprint density at radius 1 is 1.17 bits per heavy atom. The van der Waals surface area contributed by atoms with Crippen molar-refractivity contribution in [1.29, 1.82) is 0 Å². The van der Waals surface area contributed by atoms with E-state index in [4.69, 9.17) is 13.9 Å². The number of cyclic esters (lactones) is 2. The number of hydrogen-bond donors (Lipinski definition) is 0. The van der Waals surface area contributed by atoms with Crippen LogP contribution in [-0.2, 0) is 23.5 Å². The molecule has 23 heavy (non-hydrogen) atoms. The summed E-state index contributed by atoms with van der Waals surface area (Å²) in [5.74, 6) is -1.70. The van der Waals surface area contributed by atoms with E-state index in [2.05, 4.69) is 33.9 Å². The fourth-order valence-electron chi connectivity index (χ4n) is 4.11. The fourth-order valence-corrected chi connectivity index (χ4v) is 5.16. The summed E-state index contributed by atoms with van der Waals surface area (Å²) in [5.41, 5.74) is -1.13. The minimum absolute atomic E-state index is 0.149. The summed E-state index contributed by atoms with van der Waals surface area (Å²) in [6, 6.07) is 0. The van der Waals surface area contributed by atoms with E-state index in [0.717, 1.165) is 12.8 Å². The topological polar surface area (TPSA) is 61.8 Å². The summed E-state index contributed by atoms with van der Waals surface area (Å²) in [7, 11) is -1.83. The van der Waals surface area contributed by atoms with Crippen LogP contribution in [0.25, 0.3) is 0 Å². The Kier molecular flexibility index (Phi) is 3.64. The average Bonchev–Trinajstić information content (AvgIpc) is 2.96. The quantitative estimate of drug-likeness (QED) is 0.447. The third-order valence-electron chi connectivity index (χ3n) is 6.54. The van der Waals surface area contributed by atoms with Crippen molar-refractivity contribution in [2.75, 3.05) is 6.61 Å². The summed E-state index contributed by atoms with van der Waals surface area (Å²) in [6.45, 7) is 13.6. The molecule has 0 spiro atoms. The number of carbonyl (C=O) groups is 2. The summed E-state index contributed by atoms with van der Waals surface area (Å²) >= 11 is 0. The molecule has 3 aliphatic heterocycles. The van der Waals surface area contributed by atoms with E-state index >= 15 is 0 Å². The molecule has 0 aromatic heterocycles. The van der Waals surface area contributed by atoms with E-state index in [-0.39, 0.29) is 5.04 Å². The number of ether oxygens (including phenoxy) is 2. The van der Waals surface area contributed by atoms with E-state index in [1.165, 1.54) is 0 Å². The molecular formula is C17H28O5Si. The van der Waals surface area contributed by atoms with Crippen LogP contribution in [0.4, 0.5) is 0 Å². The minimum atomic E-state index is -1.83. The second kappa shape index (κ2) is 4.89. The summed E-state index contributed by atoms with van der Waals surface area (Å²) < 4.78 is 17.4. The van der Waals surface area contributed by atoms with E-state index in [9.17, 15) is 9.59 Å². The second-order valence-electron chi connectivity index (χ2n) is 9.03. The van der Waals surface area contributed by atoms with E-state index < -0.39 is 43.3 Å². The molecule has 0 N–H and O–H groups in total. The molecule has 0 aromatic rings. The number of esters is 2. The minimum Gasteiger partial charge on any atom is -0.417 e. The van der Waals surface area contributed by atoms with Crippen molar-refractivity contribution in [3.05, 3.63) is 0 Å². The molecule has 0 aliphatic carbocycles. The van der Waals surface area contributed by atoms with Crippen molar-refractivity contribution in [1.82, 2.24) is 0 Å². The molecule has 0 aromatic carbocycles. The number of carbonyl (C=O) groups excluding carboxylic acids is 2. The van der Waals surface area contributed by atoms with Crippen molar-refractivity contribution < 1.29 is 23.5 Å². The van der Waals surface area contributed by atoms with Crippen LogP contribution in [0.15, 0.2) is 0 Å². The van der Waals surface area contributed by atoms with Gasteiger partial charge in [0.1, 0.15) is 11.8 Å². The molecule has 3 rings (SSSR count). The molecule has 4 unspecified atom stereocenters. The monoisotopic (exact) mass is 340 g/mol. The Hall–Kier alpha value is -0.723. The molecule has 0 saturated carbocycles. The smallest absolute Gasteiger partial charge is 0.320 e. The SMILES string of the molecule is CC12CCC(CCO[Si](C)(C)C(C)(C)C)(O1)C1C(=O)OC(=O)C12. The van der Waals surface area contributed by atoms with Crippen molar-refractivity contribution in [2.45, 2.75) is 76.3 Å². The Bertz CT molecular complexity index is 552. The summed E-state index contributed by atoms with van der Waals surface area (Å²) in [4.78, 5) is 24.2. The maximum Gasteiger partial charge on any atom is 0.320 e. The molecule has 3 heterocycles. The Morgan fingerprint density at radius 2 is 1.78 bits per heavy atom. The zero-order valence-corrected chi connectivity index (χ0v) is 16.0. The molecule has 3 saturated heterocycles. The van der Waals surface area contributed by atoms with Gasteiger partial charge in [-0.25, -0.2) is 0 Å². The number of rotatable bonds is 4. The van der Waals surface area contributed by atoms with Crippen molar-refractivity contribution in [2.24, 2.45) is 11.8 Å². The lowest BCUT2D eigenvalue weighted by Crippen LogP contribution is -2.45. The van der Waals surface area contributed by atoms with Gasteiger partial charge in [0.2, 0.25) is 0 Å². The maximum atomic E-state index is 12.2. The predicted octanol–water partition coefficient (Wildman–Crippen LogP) is 3.04. The van der Waals surface area contributed by atoms with Gasteiger partial charge in [0.15, 0.2) is 8.32 Å². The maximum absolute atomic E-state index is 12.2. The van der Waals surface area contributed by atoms with E-state index in [1.807, 2.05) is 6.92 Å². The van der Waals surface area contributed by atoms with Crippen LogP contribution < -0.4 is 0 Å². The van der Waals surface area contributed by atoms with Gasteiger partial charge in [0, 0.05) is 6.61 Å². The first kappa shape index (κ1) is 17.1. The first-order valence-electron chi connectivity index (χ1n) is 8.52. The van der Waals surface area contributed by atoms with Gasteiger partial charge in [-0.05, 0) is 44.3 Å². The highest BCUT2D eigenvalue weighted by Gasteiger charge is 2.73. The largest absolute Gasteiger partial charge is 0.417 e. The molecular weight excluding hydrogens is 312 g/mol. The predicted molar refractivity (Wildman–Crippen MR) is 87.3 cm³/mol. The first-order valence-corrected chi connectivity index (χ1v) is 11.4. The first-order chi connectivity index (χ1) is 10.4. The van der Waals surface area contributed by atoms with Crippen molar-refractivity contribution >= 4 is 20.3 Å². The van der Waals surface area contributed by atoms with Gasteiger partial charge in [-0.3, -0.25) is 9.59 Å². The van der Waals surface area contributed by atoms with Crippen molar-refractivity contribution in [3.8, 4) is 0 Å². The highest BCUT2D eigenvalue weighted by molar-refractivity contribution is 6.74. The van der Waals surface area contributed by atoms with Crippen LogP contribution in [0.5, 0.6) is 0 Å². The van der Waals surface area contributed by atoms with Crippen LogP contribution in [0, 0.1) is 11.8 Å². The normalized spacial score (nSPS) is 39.7. The summed E-state index contributed by atoms with van der Waals surface area (Å²) in [5, 5.41) is 0.149. The van der Waals surface area contributed by atoms with Gasteiger partial charge in [0.05, 0.1) is 11.2 Å². The Morgan fingerprint density at radius 3 is 2.39 bits per heavy atom. The highest BCUT2D eigenvalue weighted by Crippen LogP contribution is 2.61. The standard InChI is InChI=1S/C17H28O5Si/c1-15(2,3)23(5,6)20-10-9-17-8-7-16(4,22-17)11-12(17)14(19)21-13(11)18/h11-12H,7-10H2,1-6H3. The van der Waals surface area contributed by atoms with Crippen molar-refractivity contribution in [3.63, 3.8) is 0 Å². The number of fused-ring (bicyclic) bond motifs is 5. The molecule has 4 atom stereocenters. The third kappa shape index (κ3) is 2.41. The van der Waals surface area contributed by atoms with Gasteiger partial charge < -0.3 is 13.9 Å². The molecule has 5 nitrogen and oxygen atoms in total. The van der Waals surface area contributed by atoms with Crippen LogP contribution in [0.2, 0.25) is 18.1 Å². The van der Waals surface area contributed by atoms with Gasteiger partial charge >= 0.3 is 11.9 Å². The Labute approximate surface area is 139 Å². The van der Waals surface area contributed by atoms with Gasteiger partial charge in [-0.15, -0.1) is 0 Å². The van der Waals surface area contributed by atoms with E-state index in [1.54, 1.807) is 0 Å². The van der Waals surface area contributed by atoms with Crippen LogP contribution >= 0.6 is 0 Å². The lowest BCUT2D eigenvalue weighted by Gasteiger charge is -2.37. The third-order valence-corrected chi connectivity index (χ3v) is 11.1. The van der Waals surface area contributed by atoms with Crippen LogP contribution in [0.3, 0.4) is 0 Å². The van der Waals surface area contributed by atoms with Crippen LogP contribution in [0.1, 0.15) is 47.0 Å². The fraction of sp³-hybridized carbons (Fsp3) is 0.882. The second-order valence-corrected chi connectivity index (χ2v) is 13.8. The van der Waals surface area contributed by atoms with Gasteiger partial charge in [-0.1, -0.05) is 20.8 Å². The molecule has 2 bridgehead atoms. The molecule has 6 heteroatoms. The van der Waals surface area contributed by atoms with E-state index in [0.29, 0.717) is 13.0 Å². The zero-order valence-electron chi connectivity index (χ0n) is 15.0. The molecule has 3 aliphatic rings. The average molecular weight is 340 g/mol.